The van der Waals surface area contributed by atoms with Crippen LogP contribution in [0.5, 0.6) is 11.5 Å². The van der Waals surface area contributed by atoms with Crippen LogP contribution < -0.4 is 20.7 Å². The number of nitrogens with zero attached hydrogens (tertiary/aromatic N) is 3. The summed E-state index contributed by atoms with van der Waals surface area (Å²) in [6.07, 6.45) is 3.15. The van der Waals surface area contributed by atoms with Gasteiger partial charge in [0, 0.05) is 12.4 Å². The van der Waals surface area contributed by atoms with E-state index in [1.165, 1.54) is 15.3 Å². The van der Waals surface area contributed by atoms with Gasteiger partial charge in [0.05, 0.1) is 27.3 Å². The van der Waals surface area contributed by atoms with Gasteiger partial charge in [-0.25, -0.2) is 9.79 Å². The van der Waals surface area contributed by atoms with Crippen LogP contribution in [0.2, 0.25) is 0 Å². The quantitative estimate of drug-likeness (QED) is 0.363. The van der Waals surface area contributed by atoms with Gasteiger partial charge < -0.3 is 9.47 Å². The highest BCUT2D eigenvalue weighted by Crippen LogP contribution is 2.14. The normalized spacial score (nSPS) is 11.1. The average Bonchev–Trinajstić information content (AvgIpc) is 2.89. The maximum absolute atomic E-state index is 13.3. The van der Waals surface area contributed by atoms with Crippen LogP contribution in [-0.2, 0) is 13.1 Å². The molecule has 0 aliphatic heterocycles. The molecule has 35 heavy (non-hydrogen) atoms. The van der Waals surface area contributed by atoms with Crippen LogP contribution in [0.1, 0.15) is 22.3 Å². The highest BCUT2D eigenvalue weighted by atomic mass is 16.5. The molecule has 0 saturated carbocycles. The Morgan fingerprint density at radius 3 is 1.86 bits per heavy atom. The number of benzene rings is 3. The van der Waals surface area contributed by atoms with Crippen molar-refractivity contribution >= 4 is 11.9 Å². The molecule has 0 saturated heterocycles. The lowest BCUT2D eigenvalue weighted by Gasteiger charge is -2.12. The van der Waals surface area contributed by atoms with Crippen molar-refractivity contribution in [2.45, 2.75) is 20.0 Å². The number of aromatic nitrogens is 2. The maximum atomic E-state index is 13.3. The van der Waals surface area contributed by atoms with Crippen LogP contribution in [-0.4, -0.2) is 29.6 Å². The number of methoxy groups -OCH3 is 2. The molecule has 4 aromatic rings. The van der Waals surface area contributed by atoms with E-state index in [1.807, 2.05) is 67.6 Å². The second kappa shape index (κ2) is 10.7. The van der Waals surface area contributed by atoms with Crippen LogP contribution in [0.15, 0.2) is 93.6 Å². The average molecular weight is 470 g/mol. The Hall–Kier alpha value is -4.39. The van der Waals surface area contributed by atoms with Crippen molar-refractivity contribution in [3.05, 3.63) is 122 Å². The van der Waals surface area contributed by atoms with E-state index in [0.717, 1.165) is 28.0 Å². The molecule has 1 aromatic heterocycles. The Labute approximate surface area is 203 Å². The summed E-state index contributed by atoms with van der Waals surface area (Å²) in [5.74, 6) is 1.43. The molecule has 7 nitrogen and oxygen atoms in total. The number of aryl methyl sites for hydroxylation is 1. The third-order valence-corrected chi connectivity index (χ3v) is 5.66. The lowest BCUT2D eigenvalue weighted by molar-refractivity contribution is 0.414. The zero-order chi connectivity index (χ0) is 24.8. The summed E-state index contributed by atoms with van der Waals surface area (Å²) in [5.41, 5.74) is 3.04. The second-order valence-corrected chi connectivity index (χ2v) is 8.18. The third-order valence-electron chi connectivity index (χ3n) is 5.66. The van der Waals surface area contributed by atoms with E-state index in [2.05, 4.69) is 4.99 Å². The van der Waals surface area contributed by atoms with E-state index < -0.39 is 11.2 Å². The van der Waals surface area contributed by atoms with Gasteiger partial charge in [0.25, 0.3) is 5.56 Å². The second-order valence-electron chi connectivity index (χ2n) is 8.18. The molecule has 0 aliphatic carbocycles. The Bertz CT molecular complexity index is 1430. The molecule has 0 spiro atoms. The molecule has 0 bridgehead atoms. The van der Waals surface area contributed by atoms with E-state index in [0.29, 0.717) is 12.3 Å². The van der Waals surface area contributed by atoms with Gasteiger partial charge in [0.15, 0.2) is 0 Å². The fourth-order valence-electron chi connectivity index (χ4n) is 3.62. The van der Waals surface area contributed by atoms with Gasteiger partial charge in [-0.3, -0.25) is 13.9 Å². The van der Waals surface area contributed by atoms with Gasteiger partial charge in [0.2, 0.25) is 0 Å². The molecule has 0 N–H and O–H groups in total. The van der Waals surface area contributed by atoms with E-state index >= 15 is 0 Å². The van der Waals surface area contributed by atoms with Crippen LogP contribution in [0.3, 0.4) is 0 Å². The first-order chi connectivity index (χ1) is 17.0. The zero-order valence-corrected chi connectivity index (χ0v) is 20.0. The van der Waals surface area contributed by atoms with Gasteiger partial charge >= 0.3 is 5.69 Å². The Kier molecular flexibility index (Phi) is 7.26. The van der Waals surface area contributed by atoms with Crippen LogP contribution in [0.4, 0.5) is 5.69 Å². The molecule has 178 valence electrons. The minimum absolute atomic E-state index is 0.123. The predicted molar refractivity (Wildman–Crippen MR) is 138 cm³/mol. The van der Waals surface area contributed by atoms with Gasteiger partial charge in [-0.1, -0.05) is 54.1 Å². The Morgan fingerprint density at radius 2 is 1.31 bits per heavy atom. The highest BCUT2D eigenvalue weighted by molar-refractivity contribution is 5.81. The Morgan fingerprint density at radius 1 is 0.771 bits per heavy atom. The molecule has 0 aliphatic rings. The molecule has 3 aromatic carbocycles. The molecule has 0 fully saturated rings. The van der Waals surface area contributed by atoms with E-state index in [9.17, 15) is 9.59 Å². The van der Waals surface area contributed by atoms with Crippen LogP contribution in [0, 0.1) is 6.92 Å². The molecule has 7 heteroatoms. The molecule has 0 radical (unpaired) electrons. The van der Waals surface area contributed by atoms with Crippen molar-refractivity contribution in [3.8, 4) is 11.5 Å². The first-order valence-corrected chi connectivity index (χ1v) is 11.2. The van der Waals surface area contributed by atoms with Crippen LogP contribution >= 0.6 is 0 Å². The minimum atomic E-state index is -0.444. The third kappa shape index (κ3) is 5.76. The largest absolute Gasteiger partial charge is 0.497 e. The van der Waals surface area contributed by atoms with Gasteiger partial charge in [0.1, 0.15) is 17.2 Å². The van der Waals surface area contributed by atoms with E-state index in [4.69, 9.17) is 9.47 Å². The fourth-order valence-corrected chi connectivity index (χ4v) is 3.62. The first kappa shape index (κ1) is 23.8. The minimum Gasteiger partial charge on any atom is -0.497 e. The number of hydrogen-bond donors (Lipinski definition) is 0. The van der Waals surface area contributed by atoms with Gasteiger partial charge in [-0.05, 0) is 47.9 Å². The lowest BCUT2D eigenvalue weighted by atomic mass is 10.2. The molecular weight excluding hydrogens is 442 g/mol. The van der Waals surface area contributed by atoms with E-state index in [-0.39, 0.29) is 12.2 Å². The number of aliphatic imine (C=N–C) groups is 1. The van der Waals surface area contributed by atoms with Crippen molar-refractivity contribution in [1.82, 2.24) is 9.13 Å². The highest BCUT2D eigenvalue weighted by Gasteiger charge is 2.12. The summed E-state index contributed by atoms with van der Waals surface area (Å²) >= 11 is 0. The topological polar surface area (TPSA) is 74.8 Å². The van der Waals surface area contributed by atoms with E-state index in [1.54, 1.807) is 32.6 Å². The smallest absolute Gasteiger partial charge is 0.331 e. The van der Waals surface area contributed by atoms with Gasteiger partial charge in [-0.15, -0.1) is 0 Å². The lowest BCUT2D eigenvalue weighted by Crippen LogP contribution is -2.39. The zero-order valence-electron chi connectivity index (χ0n) is 20.0. The SMILES string of the molecule is COc1ccc(Cn2cc(N=Cc3ccc(C)cc3)c(=O)n(Cc3ccc(OC)cc3)c2=O)cc1. The molecule has 0 unspecified atom stereocenters. The standard InChI is InChI=1S/C28H27N3O4/c1-20-4-6-21(7-5-20)16-29-26-19-30(17-22-8-12-24(34-2)13-9-22)28(33)31(27(26)32)18-23-10-14-25(35-3)15-11-23/h4-16,19H,17-18H2,1-3H3. The molecule has 0 amide bonds. The maximum Gasteiger partial charge on any atom is 0.331 e. The summed E-state index contributed by atoms with van der Waals surface area (Å²) in [6.45, 7) is 2.42. The summed E-state index contributed by atoms with van der Waals surface area (Å²) < 4.78 is 13.1. The Balaban J connectivity index is 1.75. The number of hydrogen-bond acceptors (Lipinski definition) is 5. The monoisotopic (exact) mass is 469 g/mol. The van der Waals surface area contributed by atoms with Crippen molar-refractivity contribution < 1.29 is 9.47 Å². The molecule has 1 heterocycles. The number of ether oxygens (including phenoxy) is 2. The van der Waals surface area contributed by atoms with Crippen molar-refractivity contribution in [2.24, 2.45) is 4.99 Å². The van der Waals surface area contributed by atoms with Crippen LogP contribution in [0.25, 0.3) is 0 Å². The predicted octanol–water partition coefficient (Wildman–Crippen LogP) is 4.18. The fraction of sp³-hybridized carbons (Fsp3) is 0.179. The molecular formula is C28H27N3O4. The number of rotatable bonds is 8. The summed E-state index contributed by atoms with van der Waals surface area (Å²) in [5, 5.41) is 0. The summed E-state index contributed by atoms with van der Waals surface area (Å²) in [7, 11) is 3.19. The van der Waals surface area contributed by atoms with Crippen molar-refractivity contribution in [2.75, 3.05) is 14.2 Å². The summed E-state index contributed by atoms with van der Waals surface area (Å²) in [4.78, 5) is 31.1. The van der Waals surface area contributed by atoms with Crippen molar-refractivity contribution in [3.63, 3.8) is 0 Å². The summed E-state index contributed by atoms with van der Waals surface area (Å²) in [6, 6.07) is 22.5. The molecule has 0 atom stereocenters. The first-order valence-electron chi connectivity index (χ1n) is 11.2. The molecule has 4 rings (SSSR count). The van der Waals surface area contributed by atoms with Gasteiger partial charge in [-0.2, -0.15) is 0 Å². The van der Waals surface area contributed by atoms with Crippen molar-refractivity contribution in [1.29, 1.82) is 0 Å².